The number of methoxy groups -OCH3 is 1. The molecular weight excluding hydrogens is 530 g/mol. The number of carbonyl (C=O) groups excluding carboxylic acids is 4. The normalized spacial score (nSPS) is 12.6. The third-order valence-electron chi connectivity index (χ3n) is 6.82. The number of benzene rings is 2. The van der Waals surface area contributed by atoms with E-state index in [1.165, 1.54) is 24.0 Å². The number of carboxylic acid groups (broad SMARTS) is 1. The van der Waals surface area contributed by atoms with Crippen molar-refractivity contribution < 1.29 is 33.8 Å². The Kier molecular flexibility index (Phi) is 11.1. The number of carboxylic acids is 1. The van der Waals surface area contributed by atoms with E-state index in [0.717, 1.165) is 12.0 Å². The van der Waals surface area contributed by atoms with Crippen molar-refractivity contribution >= 4 is 41.1 Å². The van der Waals surface area contributed by atoms with E-state index >= 15 is 0 Å². The van der Waals surface area contributed by atoms with Gasteiger partial charge in [-0.25, -0.2) is 4.79 Å². The van der Waals surface area contributed by atoms with Gasteiger partial charge in [0.25, 0.3) is 0 Å². The predicted molar refractivity (Wildman–Crippen MR) is 153 cm³/mol. The van der Waals surface area contributed by atoms with Gasteiger partial charge >= 0.3 is 12.0 Å². The number of likely N-dealkylation sites (N-methyl/N-ethyl adjacent to an activating group) is 1. The lowest BCUT2D eigenvalue weighted by Gasteiger charge is -2.27. The molecular formula is C29H37N5O7. The highest BCUT2D eigenvalue weighted by Gasteiger charge is 2.24. The van der Waals surface area contributed by atoms with Gasteiger partial charge in [-0.2, -0.15) is 0 Å². The zero-order chi connectivity index (χ0) is 29.9. The van der Waals surface area contributed by atoms with Crippen LogP contribution in [-0.2, 0) is 25.6 Å². The summed E-state index contributed by atoms with van der Waals surface area (Å²) in [4.78, 5) is 65.8. The summed E-state index contributed by atoms with van der Waals surface area (Å²) < 4.78 is 5.42. The van der Waals surface area contributed by atoms with Crippen molar-refractivity contribution in [3.63, 3.8) is 0 Å². The number of carbonyl (C=O) groups is 5. The minimum atomic E-state index is -1.04. The number of hydrogen-bond acceptors (Lipinski definition) is 6. The SMILES string of the molecule is COc1cc(CC(=O)N(C)CC(=O)N(CCC(=O)O)CCN2CCCC2=O)ccc1NC(=O)Nc1ccccc1C. The van der Waals surface area contributed by atoms with Crippen molar-refractivity contribution in [2.45, 2.75) is 32.6 Å². The number of likely N-dealkylation sites (tertiary alicyclic amines) is 1. The number of nitrogens with one attached hydrogen (secondary N) is 2. The molecule has 0 aromatic heterocycles. The zero-order valence-corrected chi connectivity index (χ0v) is 23.6. The molecule has 0 saturated carbocycles. The first-order valence-corrected chi connectivity index (χ1v) is 13.4. The molecule has 2 aromatic carbocycles. The van der Waals surface area contributed by atoms with Gasteiger partial charge in [0, 0.05) is 45.3 Å². The van der Waals surface area contributed by atoms with Crippen molar-refractivity contribution in [2.75, 3.05) is 57.5 Å². The Balaban J connectivity index is 1.57. The number of urea groups is 1. The zero-order valence-electron chi connectivity index (χ0n) is 23.6. The van der Waals surface area contributed by atoms with Crippen LogP contribution in [0.15, 0.2) is 42.5 Å². The Hall–Kier alpha value is -4.61. The average molecular weight is 568 g/mol. The highest BCUT2D eigenvalue weighted by atomic mass is 16.5. The summed E-state index contributed by atoms with van der Waals surface area (Å²) in [6, 6.07) is 11.9. The standard InChI is InChI=1S/C29H37N5O7/c1-20-7-4-5-8-22(20)30-29(40)31-23-11-10-21(17-24(23)41-3)18-26(36)32(2)19-27(37)34(14-12-28(38)39)16-15-33-13-6-9-25(33)35/h4-5,7-8,10-11,17H,6,9,12-16,18-19H2,1-3H3,(H,38,39)(H2,30,31,40). The lowest BCUT2D eigenvalue weighted by Crippen LogP contribution is -2.45. The first kappa shape index (κ1) is 30.9. The molecule has 0 atom stereocenters. The summed E-state index contributed by atoms with van der Waals surface area (Å²) >= 11 is 0. The fourth-order valence-electron chi connectivity index (χ4n) is 4.41. The van der Waals surface area contributed by atoms with Gasteiger partial charge in [-0.3, -0.25) is 19.2 Å². The van der Waals surface area contributed by atoms with Gasteiger partial charge < -0.3 is 35.2 Å². The van der Waals surface area contributed by atoms with Crippen molar-refractivity contribution in [1.29, 1.82) is 0 Å². The Labute approximate surface area is 239 Å². The number of aliphatic carboxylic acids is 1. The fraction of sp³-hybridized carbons (Fsp3) is 0.414. The summed E-state index contributed by atoms with van der Waals surface area (Å²) in [5.41, 5.74) is 2.63. The number of ether oxygens (including phenoxy) is 1. The third kappa shape index (κ3) is 9.23. The third-order valence-corrected chi connectivity index (χ3v) is 6.82. The quantitative estimate of drug-likeness (QED) is 0.337. The minimum Gasteiger partial charge on any atom is -0.495 e. The van der Waals surface area contributed by atoms with Crippen molar-refractivity contribution in [3.05, 3.63) is 53.6 Å². The number of rotatable bonds is 13. The Bertz CT molecular complexity index is 1280. The number of nitrogens with zero attached hydrogens (tertiary/aromatic N) is 3. The number of para-hydroxylation sites is 1. The van der Waals surface area contributed by atoms with E-state index in [0.29, 0.717) is 42.2 Å². The molecule has 3 N–H and O–H groups in total. The summed E-state index contributed by atoms with van der Waals surface area (Å²) in [5.74, 6) is -1.38. The van der Waals surface area contributed by atoms with Crippen LogP contribution in [0.4, 0.5) is 16.2 Å². The molecule has 0 aliphatic carbocycles. The number of amides is 5. The molecule has 1 aliphatic heterocycles. The second-order valence-electron chi connectivity index (χ2n) is 9.86. The maximum atomic E-state index is 13.0. The van der Waals surface area contributed by atoms with E-state index in [-0.39, 0.29) is 44.3 Å². The van der Waals surface area contributed by atoms with Crippen molar-refractivity contribution in [2.24, 2.45) is 0 Å². The molecule has 0 spiro atoms. The molecule has 1 heterocycles. The molecule has 41 heavy (non-hydrogen) atoms. The minimum absolute atomic E-state index is 0.0126. The van der Waals surface area contributed by atoms with E-state index in [9.17, 15) is 24.0 Å². The van der Waals surface area contributed by atoms with E-state index in [4.69, 9.17) is 9.84 Å². The monoisotopic (exact) mass is 567 g/mol. The van der Waals surface area contributed by atoms with Gasteiger partial charge in [-0.05, 0) is 42.7 Å². The van der Waals surface area contributed by atoms with Crippen LogP contribution in [0, 0.1) is 6.92 Å². The van der Waals surface area contributed by atoms with E-state index in [1.807, 2.05) is 25.1 Å². The summed E-state index contributed by atoms with van der Waals surface area (Å²) in [5, 5.41) is 14.6. The molecule has 5 amide bonds. The van der Waals surface area contributed by atoms with Crippen LogP contribution in [0.1, 0.15) is 30.4 Å². The van der Waals surface area contributed by atoms with Gasteiger partial charge in [0.2, 0.25) is 17.7 Å². The first-order chi connectivity index (χ1) is 19.6. The van der Waals surface area contributed by atoms with Gasteiger partial charge in [-0.1, -0.05) is 24.3 Å². The topological polar surface area (TPSA) is 149 Å². The van der Waals surface area contributed by atoms with E-state index in [1.54, 1.807) is 29.2 Å². The summed E-state index contributed by atoms with van der Waals surface area (Å²) in [7, 11) is 2.96. The van der Waals surface area contributed by atoms with Crippen LogP contribution in [0.25, 0.3) is 0 Å². The van der Waals surface area contributed by atoms with Crippen LogP contribution in [0.3, 0.4) is 0 Å². The lowest BCUT2D eigenvalue weighted by molar-refractivity contribution is -0.142. The maximum Gasteiger partial charge on any atom is 0.323 e. The number of hydrogen-bond donors (Lipinski definition) is 3. The van der Waals surface area contributed by atoms with Crippen LogP contribution in [-0.4, -0.2) is 96.4 Å². The smallest absolute Gasteiger partial charge is 0.323 e. The summed E-state index contributed by atoms with van der Waals surface area (Å²) in [6.45, 7) is 2.78. The molecule has 1 aliphatic rings. The Morgan fingerprint density at radius 1 is 1.02 bits per heavy atom. The van der Waals surface area contributed by atoms with E-state index < -0.39 is 17.9 Å². The largest absolute Gasteiger partial charge is 0.495 e. The Morgan fingerprint density at radius 3 is 2.41 bits per heavy atom. The molecule has 2 aromatic rings. The van der Waals surface area contributed by atoms with Gasteiger partial charge in [0.1, 0.15) is 5.75 Å². The Morgan fingerprint density at radius 2 is 1.76 bits per heavy atom. The molecule has 0 bridgehead atoms. The lowest BCUT2D eigenvalue weighted by atomic mass is 10.1. The average Bonchev–Trinajstić information content (AvgIpc) is 3.34. The highest BCUT2D eigenvalue weighted by molar-refractivity contribution is 6.01. The van der Waals surface area contributed by atoms with Crippen molar-refractivity contribution in [1.82, 2.24) is 14.7 Å². The molecule has 3 rings (SSSR count). The van der Waals surface area contributed by atoms with Crippen LogP contribution in [0.5, 0.6) is 5.75 Å². The van der Waals surface area contributed by atoms with Gasteiger partial charge in [0.05, 0.1) is 32.2 Å². The molecule has 0 unspecified atom stereocenters. The highest BCUT2D eigenvalue weighted by Crippen LogP contribution is 2.26. The molecule has 1 saturated heterocycles. The molecule has 220 valence electrons. The van der Waals surface area contributed by atoms with Gasteiger partial charge in [0.15, 0.2) is 0 Å². The van der Waals surface area contributed by atoms with Gasteiger partial charge in [-0.15, -0.1) is 0 Å². The predicted octanol–water partition coefficient (Wildman–Crippen LogP) is 2.57. The number of anilines is 2. The fourth-order valence-corrected chi connectivity index (χ4v) is 4.41. The van der Waals surface area contributed by atoms with Crippen LogP contribution < -0.4 is 15.4 Å². The second-order valence-corrected chi connectivity index (χ2v) is 9.86. The maximum absolute atomic E-state index is 13.0. The van der Waals surface area contributed by atoms with Crippen LogP contribution >= 0.6 is 0 Å². The van der Waals surface area contributed by atoms with Crippen LogP contribution in [0.2, 0.25) is 0 Å². The summed E-state index contributed by atoms with van der Waals surface area (Å²) in [6.07, 6.45) is 0.984. The number of aryl methyl sites for hydroxylation is 1. The molecule has 0 radical (unpaired) electrons. The van der Waals surface area contributed by atoms with Crippen molar-refractivity contribution in [3.8, 4) is 5.75 Å². The molecule has 1 fully saturated rings. The molecule has 12 nitrogen and oxygen atoms in total. The first-order valence-electron chi connectivity index (χ1n) is 13.4. The van der Waals surface area contributed by atoms with E-state index in [2.05, 4.69) is 10.6 Å². The second kappa shape index (κ2) is 14.7. The molecule has 12 heteroatoms.